The van der Waals surface area contributed by atoms with Gasteiger partial charge in [-0.05, 0) is 0 Å². The van der Waals surface area contributed by atoms with E-state index in [1.54, 1.807) is 7.05 Å². The van der Waals surface area contributed by atoms with Gasteiger partial charge in [0.15, 0.2) is 0 Å². The van der Waals surface area contributed by atoms with Gasteiger partial charge in [-0.1, -0.05) is 30.3 Å². The molecule has 0 aliphatic heterocycles. The molecule has 0 aliphatic rings. The van der Waals surface area contributed by atoms with Crippen molar-refractivity contribution in [2.24, 2.45) is 0 Å². The zero-order chi connectivity index (χ0) is 10.6. The Kier molecular flexibility index (Phi) is 3.58. The normalized spacial score (nSPS) is 14.0. The molecule has 0 spiro atoms. The number of nitrogens with one attached hydrogen (secondary N) is 1. The number of hydrogen-bond donors (Lipinski definition) is 1. The molecule has 0 bridgehead atoms. The number of halogens is 3. The summed E-state index contributed by atoms with van der Waals surface area (Å²) in [5, 5.41) is 0. The van der Waals surface area contributed by atoms with E-state index in [0.717, 1.165) is 5.56 Å². The first-order valence-corrected chi connectivity index (χ1v) is 4.53. The molecule has 1 nitrogen and oxygen atoms in total. The lowest BCUT2D eigenvalue weighted by molar-refractivity contribution is -0.885. The fraction of sp³-hybridized carbons (Fsp3) is 0.333. The summed E-state index contributed by atoms with van der Waals surface area (Å²) in [7, 11) is 1.56. The molecular formula is C9H13BF3N. The highest BCUT2D eigenvalue weighted by molar-refractivity contribution is 6.58. The third kappa shape index (κ3) is 4.32. The van der Waals surface area contributed by atoms with Crippen LogP contribution in [0.4, 0.5) is 12.9 Å². The SMILES string of the molecule is C[NH+](Cc1ccccc1)C[B-](F)(F)F. The molecule has 1 atom stereocenters. The molecule has 14 heavy (non-hydrogen) atoms. The molecule has 0 saturated heterocycles. The molecular weight excluding hydrogens is 190 g/mol. The molecule has 1 aromatic carbocycles. The molecule has 1 rings (SSSR count). The van der Waals surface area contributed by atoms with Crippen LogP contribution in [0.25, 0.3) is 0 Å². The molecule has 78 valence electrons. The Balaban J connectivity index is 2.46. The largest absolute Gasteiger partial charge is 0.531 e. The van der Waals surface area contributed by atoms with Crippen LogP contribution >= 0.6 is 0 Å². The van der Waals surface area contributed by atoms with Crippen molar-refractivity contribution in [2.75, 3.05) is 13.5 Å². The molecule has 0 fully saturated rings. The summed E-state index contributed by atoms with van der Waals surface area (Å²) in [4.78, 5) is 0.476. The van der Waals surface area contributed by atoms with Crippen LogP contribution in [0.2, 0.25) is 0 Å². The standard InChI is InChI=1S/C9H12BF3N/c1-14(8-10(11,12)13)7-9-5-3-2-4-6-9/h2-6H,7-8H2,1H3/q-1/p+1. The van der Waals surface area contributed by atoms with Crippen LogP contribution in [0.3, 0.4) is 0 Å². The van der Waals surface area contributed by atoms with E-state index >= 15 is 0 Å². The zero-order valence-corrected chi connectivity index (χ0v) is 8.01. The third-order valence-corrected chi connectivity index (χ3v) is 1.93. The monoisotopic (exact) mass is 203 g/mol. The summed E-state index contributed by atoms with van der Waals surface area (Å²) in [5.74, 6) is 0. The van der Waals surface area contributed by atoms with Crippen molar-refractivity contribution in [3.8, 4) is 0 Å². The van der Waals surface area contributed by atoms with Gasteiger partial charge >= 0.3 is 6.98 Å². The van der Waals surface area contributed by atoms with E-state index in [1.165, 1.54) is 0 Å². The van der Waals surface area contributed by atoms with E-state index in [2.05, 4.69) is 0 Å². The lowest BCUT2D eigenvalue weighted by Crippen LogP contribution is -3.09. The first-order valence-electron chi connectivity index (χ1n) is 4.53. The smallest absolute Gasteiger partial charge is 0.445 e. The molecule has 0 radical (unpaired) electrons. The van der Waals surface area contributed by atoms with Crippen LogP contribution in [0.1, 0.15) is 5.56 Å². The number of quaternary nitrogens is 1. The van der Waals surface area contributed by atoms with Crippen LogP contribution in [0, 0.1) is 0 Å². The van der Waals surface area contributed by atoms with Crippen molar-refractivity contribution in [1.82, 2.24) is 0 Å². The maximum atomic E-state index is 12.1. The topological polar surface area (TPSA) is 4.44 Å². The lowest BCUT2D eigenvalue weighted by Gasteiger charge is -2.20. The molecule has 0 aliphatic carbocycles. The van der Waals surface area contributed by atoms with Crippen molar-refractivity contribution >= 4 is 6.98 Å². The van der Waals surface area contributed by atoms with Gasteiger partial charge in [-0.2, -0.15) is 0 Å². The Bertz CT molecular complexity index is 273. The van der Waals surface area contributed by atoms with Gasteiger partial charge in [0.05, 0.1) is 13.5 Å². The molecule has 5 heteroatoms. The maximum absolute atomic E-state index is 12.1. The van der Waals surface area contributed by atoms with Gasteiger partial charge < -0.3 is 17.8 Å². The quantitative estimate of drug-likeness (QED) is 0.698. The van der Waals surface area contributed by atoms with Crippen LogP contribution < -0.4 is 4.90 Å². The molecule has 1 N–H and O–H groups in total. The Labute approximate surface area is 81.6 Å². The van der Waals surface area contributed by atoms with Crippen molar-refractivity contribution < 1.29 is 17.8 Å². The number of rotatable bonds is 4. The summed E-state index contributed by atoms with van der Waals surface area (Å²) in [6.07, 6.45) is -0.727. The molecule has 0 saturated carbocycles. The first-order chi connectivity index (χ1) is 6.47. The predicted octanol–water partition coefficient (Wildman–Crippen LogP) is 1.09. The van der Waals surface area contributed by atoms with E-state index in [1.807, 2.05) is 30.3 Å². The van der Waals surface area contributed by atoms with Gasteiger partial charge in [0, 0.05) is 5.56 Å². The van der Waals surface area contributed by atoms with Gasteiger partial charge in [0.25, 0.3) is 0 Å². The Hall–Kier alpha value is -0.965. The van der Waals surface area contributed by atoms with E-state index < -0.39 is 13.4 Å². The van der Waals surface area contributed by atoms with E-state index in [0.29, 0.717) is 11.4 Å². The highest BCUT2D eigenvalue weighted by atomic mass is 19.4. The average molecular weight is 203 g/mol. The minimum atomic E-state index is -4.68. The van der Waals surface area contributed by atoms with Crippen LogP contribution in [-0.4, -0.2) is 20.5 Å². The fourth-order valence-corrected chi connectivity index (χ4v) is 1.41. The second-order valence-electron chi connectivity index (χ2n) is 3.53. The van der Waals surface area contributed by atoms with Crippen molar-refractivity contribution in [1.29, 1.82) is 0 Å². The fourth-order valence-electron chi connectivity index (χ4n) is 1.41. The van der Waals surface area contributed by atoms with Gasteiger partial charge in [-0.25, -0.2) is 0 Å². The van der Waals surface area contributed by atoms with Crippen molar-refractivity contribution in [3.05, 3.63) is 35.9 Å². The maximum Gasteiger partial charge on any atom is 0.531 e. The Morgan fingerprint density at radius 1 is 1.14 bits per heavy atom. The summed E-state index contributed by atoms with van der Waals surface area (Å²) >= 11 is 0. The van der Waals surface area contributed by atoms with Crippen LogP contribution in [0.15, 0.2) is 30.3 Å². The summed E-state index contributed by atoms with van der Waals surface area (Å²) in [6, 6.07) is 9.20. The van der Waals surface area contributed by atoms with Crippen LogP contribution in [0.5, 0.6) is 0 Å². The molecule has 1 unspecified atom stereocenters. The van der Waals surface area contributed by atoms with Crippen molar-refractivity contribution in [2.45, 2.75) is 6.54 Å². The minimum Gasteiger partial charge on any atom is -0.445 e. The lowest BCUT2D eigenvalue weighted by atomic mass is 9.91. The molecule has 0 heterocycles. The summed E-state index contributed by atoms with van der Waals surface area (Å²) < 4.78 is 36.2. The highest BCUT2D eigenvalue weighted by Crippen LogP contribution is 2.04. The Morgan fingerprint density at radius 3 is 2.21 bits per heavy atom. The number of benzene rings is 1. The van der Waals surface area contributed by atoms with Gasteiger partial charge in [-0.15, -0.1) is 0 Å². The minimum absolute atomic E-state index is 0.419. The van der Waals surface area contributed by atoms with Crippen LogP contribution in [-0.2, 0) is 6.54 Å². The third-order valence-electron chi connectivity index (χ3n) is 1.93. The summed E-state index contributed by atoms with van der Waals surface area (Å²) in [5.41, 5.74) is 0.935. The van der Waals surface area contributed by atoms with Crippen molar-refractivity contribution in [3.63, 3.8) is 0 Å². The molecule has 0 amide bonds. The second kappa shape index (κ2) is 4.51. The zero-order valence-electron chi connectivity index (χ0n) is 8.01. The Morgan fingerprint density at radius 2 is 1.71 bits per heavy atom. The average Bonchev–Trinajstić information content (AvgIpc) is 2.02. The predicted molar refractivity (Wildman–Crippen MR) is 51.0 cm³/mol. The molecule has 1 aromatic rings. The summed E-state index contributed by atoms with van der Waals surface area (Å²) in [6.45, 7) is -4.26. The van der Waals surface area contributed by atoms with E-state index in [9.17, 15) is 12.9 Å². The second-order valence-corrected chi connectivity index (χ2v) is 3.53. The highest BCUT2D eigenvalue weighted by Gasteiger charge is 2.28. The van der Waals surface area contributed by atoms with E-state index in [4.69, 9.17) is 0 Å². The number of hydrogen-bond acceptors (Lipinski definition) is 0. The molecule has 0 aromatic heterocycles. The van der Waals surface area contributed by atoms with Gasteiger partial charge in [0.1, 0.15) is 6.54 Å². The van der Waals surface area contributed by atoms with Gasteiger partial charge in [-0.3, -0.25) is 0 Å². The van der Waals surface area contributed by atoms with Gasteiger partial charge in [0.2, 0.25) is 0 Å². The van der Waals surface area contributed by atoms with E-state index in [-0.39, 0.29) is 0 Å². The first kappa shape index (κ1) is 11.1.